The van der Waals surface area contributed by atoms with Gasteiger partial charge in [0.05, 0.1) is 19.4 Å². The summed E-state index contributed by atoms with van der Waals surface area (Å²) in [5.41, 5.74) is 2.08. The van der Waals surface area contributed by atoms with Gasteiger partial charge in [-0.25, -0.2) is 4.79 Å². The Labute approximate surface area is 126 Å². The molecule has 0 spiro atoms. The van der Waals surface area contributed by atoms with Crippen LogP contribution in [0.1, 0.15) is 17.5 Å². The Balaban J connectivity index is 2.04. The Bertz CT molecular complexity index is 811. The number of carbonyl (C=O) groups excluding carboxylic acids is 1. The molecule has 0 aliphatic carbocycles. The zero-order chi connectivity index (χ0) is 15.5. The molecule has 2 heterocycles. The first-order chi connectivity index (χ1) is 10.7. The molecule has 7 heteroatoms. The van der Waals surface area contributed by atoms with Crippen molar-refractivity contribution in [2.75, 3.05) is 13.7 Å². The number of carbonyl (C=O) groups is 1. The summed E-state index contributed by atoms with van der Waals surface area (Å²) in [6, 6.07) is 11.0. The first kappa shape index (κ1) is 14.0. The molecule has 0 aliphatic rings. The fourth-order valence-corrected chi connectivity index (χ4v) is 2.03. The van der Waals surface area contributed by atoms with E-state index in [0.29, 0.717) is 11.3 Å². The summed E-state index contributed by atoms with van der Waals surface area (Å²) in [6.07, 6.45) is 0. The number of nitrogens with zero attached hydrogens (tertiary/aromatic N) is 4. The number of aromatic nitrogens is 4. The van der Waals surface area contributed by atoms with Gasteiger partial charge >= 0.3 is 5.97 Å². The maximum Gasteiger partial charge on any atom is 0.378 e. The van der Waals surface area contributed by atoms with Crippen molar-refractivity contribution in [1.29, 1.82) is 0 Å². The Morgan fingerprint density at radius 2 is 1.91 bits per heavy atom. The normalized spacial score (nSPS) is 10.6. The number of ether oxygens (including phenoxy) is 2. The molecule has 112 valence electrons. The largest absolute Gasteiger partial charge is 0.497 e. The van der Waals surface area contributed by atoms with E-state index in [-0.39, 0.29) is 12.4 Å². The molecule has 3 rings (SSSR count). The third-order valence-electron chi connectivity index (χ3n) is 3.11. The van der Waals surface area contributed by atoms with Crippen molar-refractivity contribution in [3.8, 4) is 17.0 Å². The van der Waals surface area contributed by atoms with Crippen LogP contribution in [0.3, 0.4) is 0 Å². The van der Waals surface area contributed by atoms with Gasteiger partial charge in [-0.2, -0.15) is 9.61 Å². The fourth-order valence-electron chi connectivity index (χ4n) is 2.03. The second kappa shape index (κ2) is 5.80. The van der Waals surface area contributed by atoms with Crippen LogP contribution >= 0.6 is 0 Å². The number of hydrogen-bond donors (Lipinski definition) is 0. The maximum absolute atomic E-state index is 11.8. The second-order valence-electron chi connectivity index (χ2n) is 4.46. The molecule has 0 amide bonds. The average Bonchev–Trinajstić information content (AvgIpc) is 2.98. The summed E-state index contributed by atoms with van der Waals surface area (Å²) in [5, 5.41) is 12.2. The van der Waals surface area contributed by atoms with E-state index < -0.39 is 5.97 Å². The van der Waals surface area contributed by atoms with Crippen LogP contribution in [0, 0.1) is 0 Å². The standard InChI is InChI=1S/C15H14N4O3/c1-3-22-15(20)14-17-16-13-9-8-12(18-19(13)14)10-4-6-11(21-2)7-5-10/h4-9H,3H2,1-2H3. The Hall–Kier alpha value is -2.96. The third kappa shape index (κ3) is 2.48. The van der Waals surface area contributed by atoms with E-state index in [4.69, 9.17) is 9.47 Å². The van der Waals surface area contributed by atoms with E-state index in [1.165, 1.54) is 4.52 Å². The topological polar surface area (TPSA) is 78.6 Å². The molecule has 22 heavy (non-hydrogen) atoms. The second-order valence-corrected chi connectivity index (χ2v) is 4.46. The molecule has 0 N–H and O–H groups in total. The fraction of sp³-hybridized carbons (Fsp3) is 0.200. The van der Waals surface area contributed by atoms with Gasteiger partial charge in [-0.15, -0.1) is 10.2 Å². The minimum atomic E-state index is -0.547. The van der Waals surface area contributed by atoms with E-state index in [1.807, 2.05) is 30.3 Å². The third-order valence-corrected chi connectivity index (χ3v) is 3.11. The molecule has 0 saturated heterocycles. The first-order valence-electron chi connectivity index (χ1n) is 6.77. The van der Waals surface area contributed by atoms with E-state index in [1.54, 1.807) is 20.1 Å². The summed E-state index contributed by atoms with van der Waals surface area (Å²) in [6.45, 7) is 2.00. The van der Waals surface area contributed by atoms with E-state index in [9.17, 15) is 4.79 Å². The minimum absolute atomic E-state index is 0.0622. The molecule has 0 aliphatic heterocycles. The molecule has 7 nitrogen and oxygen atoms in total. The van der Waals surface area contributed by atoms with Crippen LogP contribution in [-0.2, 0) is 4.74 Å². The average molecular weight is 298 g/mol. The van der Waals surface area contributed by atoms with Gasteiger partial charge in [0.25, 0.3) is 5.82 Å². The van der Waals surface area contributed by atoms with Gasteiger partial charge in [-0.05, 0) is 43.3 Å². The zero-order valence-corrected chi connectivity index (χ0v) is 12.2. The quantitative estimate of drug-likeness (QED) is 0.685. The van der Waals surface area contributed by atoms with Crippen molar-refractivity contribution in [3.05, 3.63) is 42.2 Å². The molecule has 2 aromatic heterocycles. The van der Waals surface area contributed by atoms with Gasteiger partial charge in [0.15, 0.2) is 5.65 Å². The van der Waals surface area contributed by atoms with Gasteiger partial charge in [-0.3, -0.25) is 0 Å². The summed E-state index contributed by atoms with van der Waals surface area (Å²) in [4.78, 5) is 11.8. The maximum atomic E-state index is 11.8. The van der Waals surface area contributed by atoms with Gasteiger partial charge < -0.3 is 9.47 Å². The lowest BCUT2D eigenvalue weighted by atomic mass is 10.1. The lowest BCUT2D eigenvalue weighted by Gasteiger charge is -2.04. The Kier molecular flexibility index (Phi) is 3.69. The molecular weight excluding hydrogens is 284 g/mol. The van der Waals surface area contributed by atoms with Crippen molar-refractivity contribution in [2.45, 2.75) is 6.92 Å². The van der Waals surface area contributed by atoms with Crippen LogP contribution in [0.15, 0.2) is 36.4 Å². The summed E-state index contributed by atoms with van der Waals surface area (Å²) in [7, 11) is 1.61. The molecule has 0 unspecified atom stereocenters. The Morgan fingerprint density at radius 3 is 2.59 bits per heavy atom. The monoisotopic (exact) mass is 298 g/mol. The van der Waals surface area contributed by atoms with Crippen LogP contribution in [0.5, 0.6) is 5.75 Å². The van der Waals surface area contributed by atoms with Gasteiger partial charge in [0.2, 0.25) is 0 Å². The molecule has 1 aromatic carbocycles. The predicted octanol–water partition coefficient (Wildman–Crippen LogP) is 1.98. The summed E-state index contributed by atoms with van der Waals surface area (Å²) < 4.78 is 11.5. The van der Waals surface area contributed by atoms with Crippen LogP contribution in [0.25, 0.3) is 16.9 Å². The first-order valence-corrected chi connectivity index (χ1v) is 6.77. The highest BCUT2D eigenvalue weighted by Crippen LogP contribution is 2.20. The van der Waals surface area contributed by atoms with Crippen LogP contribution < -0.4 is 4.74 Å². The molecule has 3 aromatic rings. The minimum Gasteiger partial charge on any atom is -0.497 e. The van der Waals surface area contributed by atoms with Crippen molar-refractivity contribution >= 4 is 11.6 Å². The molecule has 0 saturated carbocycles. The van der Waals surface area contributed by atoms with Crippen molar-refractivity contribution in [1.82, 2.24) is 19.8 Å². The number of esters is 1. The van der Waals surface area contributed by atoms with E-state index >= 15 is 0 Å². The summed E-state index contributed by atoms with van der Waals surface area (Å²) in [5.74, 6) is 0.280. The molecule has 0 bridgehead atoms. The number of rotatable bonds is 4. The number of benzene rings is 1. The number of fused-ring (bicyclic) bond motifs is 1. The smallest absolute Gasteiger partial charge is 0.378 e. The highest BCUT2D eigenvalue weighted by Gasteiger charge is 2.17. The lowest BCUT2D eigenvalue weighted by Crippen LogP contribution is -2.11. The summed E-state index contributed by atoms with van der Waals surface area (Å²) >= 11 is 0. The number of methoxy groups -OCH3 is 1. The van der Waals surface area contributed by atoms with Crippen molar-refractivity contribution in [3.63, 3.8) is 0 Å². The van der Waals surface area contributed by atoms with E-state index in [2.05, 4.69) is 15.3 Å². The number of hydrogen-bond acceptors (Lipinski definition) is 6. The predicted molar refractivity (Wildman–Crippen MR) is 78.7 cm³/mol. The molecule has 0 radical (unpaired) electrons. The molecule has 0 atom stereocenters. The highest BCUT2D eigenvalue weighted by molar-refractivity contribution is 5.86. The zero-order valence-electron chi connectivity index (χ0n) is 12.2. The Morgan fingerprint density at radius 1 is 1.14 bits per heavy atom. The van der Waals surface area contributed by atoms with Gasteiger partial charge in [0, 0.05) is 5.56 Å². The van der Waals surface area contributed by atoms with Gasteiger partial charge in [-0.1, -0.05) is 0 Å². The SMILES string of the molecule is CCOC(=O)c1nnc2ccc(-c3ccc(OC)cc3)nn12. The van der Waals surface area contributed by atoms with Crippen molar-refractivity contribution < 1.29 is 14.3 Å². The van der Waals surface area contributed by atoms with Crippen molar-refractivity contribution in [2.24, 2.45) is 0 Å². The molecule has 0 fully saturated rings. The van der Waals surface area contributed by atoms with Crippen LogP contribution in [-0.4, -0.2) is 39.5 Å². The highest BCUT2D eigenvalue weighted by atomic mass is 16.5. The van der Waals surface area contributed by atoms with Crippen LogP contribution in [0.2, 0.25) is 0 Å². The molecular formula is C15H14N4O3. The van der Waals surface area contributed by atoms with E-state index in [0.717, 1.165) is 11.3 Å². The van der Waals surface area contributed by atoms with Crippen LogP contribution in [0.4, 0.5) is 0 Å². The lowest BCUT2D eigenvalue weighted by molar-refractivity contribution is 0.0509. The van der Waals surface area contributed by atoms with Gasteiger partial charge in [0.1, 0.15) is 5.75 Å².